The van der Waals surface area contributed by atoms with Crippen LogP contribution in [0.1, 0.15) is 23.1 Å². The lowest BCUT2D eigenvalue weighted by molar-refractivity contribution is -0.384. The monoisotopic (exact) mass is 651 g/mol. The Morgan fingerprint density at radius 1 is 0.696 bits per heavy atom. The van der Waals surface area contributed by atoms with Crippen LogP contribution in [0.4, 0.5) is 5.69 Å². The molecular weight excluding hydrogens is 623 g/mol. The predicted molar refractivity (Wildman–Crippen MR) is 178 cm³/mol. The molecule has 0 aliphatic carbocycles. The molecule has 5 aromatic rings. The smallest absolute Gasteiger partial charge is 0.269 e. The molecule has 0 radical (unpaired) electrons. The van der Waals surface area contributed by atoms with Crippen LogP contribution in [0, 0.1) is 24.0 Å². The molecule has 0 unspecified atom stereocenters. The highest BCUT2D eigenvalue weighted by molar-refractivity contribution is 8.00. The van der Waals surface area contributed by atoms with E-state index in [1.165, 1.54) is 41.7 Å². The Morgan fingerprint density at radius 2 is 1.17 bits per heavy atom. The molecular formula is C33H29N7O4S2. The molecule has 0 aliphatic heterocycles. The number of hydrogen-bond donors (Lipinski definition) is 2. The minimum Gasteiger partial charge on any atom is -0.331 e. The zero-order valence-corrected chi connectivity index (χ0v) is 26.5. The number of carbonyl (C=O) groups excluding carboxylic acids is 2. The fraction of sp³-hybridized carbons (Fsp3) is 0.152. The third-order valence-electron chi connectivity index (χ3n) is 6.45. The van der Waals surface area contributed by atoms with Crippen LogP contribution in [0.2, 0.25) is 0 Å². The molecule has 0 aliphatic rings. The van der Waals surface area contributed by atoms with Gasteiger partial charge in [-0.15, -0.1) is 0 Å². The number of hydrogen-bond acceptors (Lipinski definition) is 10. The van der Waals surface area contributed by atoms with Crippen molar-refractivity contribution in [3.63, 3.8) is 0 Å². The highest BCUT2D eigenvalue weighted by atomic mass is 32.2. The van der Waals surface area contributed by atoms with Crippen molar-refractivity contribution in [1.82, 2.24) is 30.6 Å². The van der Waals surface area contributed by atoms with E-state index in [9.17, 15) is 19.7 Å². The topological polar surface area (TPSA) is 153 Å². The number of aromatic nitrogens is 4. The van der Waals surface area contributed by atoms with Gasteiger partial charge in [0.25, 0.3) is 5.69 Å². The van der Waals surface area contributed by atoms with Gasteiger partial charge in [-0.2, -0.15) is 0 Å². The normalized spacial score (nSPS) is 10.8. The van der Waals surface area contributed by atoms with E-state index in [1.54, 1.807) is 18.2 Å². The first-order chi connectivity index (χ1) is 22.2. The number of nitro groups is 1. The molecule has 0 fully saturated rings. The van der Waals surface area contributed by atoms with Gasteiger partial charge in [0, 0.05) is 40.2 Å². The Bertz CT molecular complexity index is 1750. The molecule has 3 aromatic carbocycles. The second-order valence-electron chi connectivity index (χ2n) is 10.1. The number of benzene rings is 3. The summed E-state index contributed by atoms with van der Waals surface area (Å²) in [5.74, 6) is 0.290. The molecule has 0 atom stereocenters. The summed E-state index contributed by atoms with van der Waals surface area (Å²) in [5.41, 5.74) is 3.43. The van der Waals surface area contributed by atoms with E-state index in [-0.39, 0.29) is 17.2 Å². The van der Waals surface area contributed by atoms with Gasteiger partial charge < -0.3 is 10.6 Å². The predicted octanol–water partition coefficient (Wildman–Crippen LogP) is 5.94. The summed E-state index contributed by atoms with van der Waals surface area (Å²) in [5, 5.41) is 18.3. The van der Waals surface area contributed by atoms with Crippen molar-refractivity contribution in [2.45, 2.75) is 30.1 Å². The fourth-order valence-corrected chi connectivity index (χ4v) is 5.90. The van der Waals surface area contributed by atoms with Crippen LogP contribution in [-0.4, -0.2) is 48.2 Å². The molecule has 0 saturated carbocycles. The van der Waals surface area contributed by atoms with Gasteiger partial charge in [0.15, 0.2) is 11.6 Å². The van der Waals surface area contributed by atoms with E-state index in [0.717, 1.165) is 22.5 Å². The van der Waals surface area contributed by atoms with Crippen LogP contribution < -0.4 is 10.6 Å². The number of nitrogens with zero attached hydrogens (tertiary/aromatic N) is 5. The second kappa shape index (κ2) is 15.2. The minimum atomic E-state index is -1.01. The number of thioether (sulfide) groups is 2. The number of aryl methyl sites for hydroxylation is 2. The maximum Gasteiger partial charge on any atom is 0.269 e. The second-order valence-corrected chi connectivity index (χ2v) is 12.1. The zero-order valence-electron chi connectivity index (χ0n) is 24.9. The molecule has 13 heteroatoms. The number of rotatable bonds is 12. The summed E-state index contributed by atoms with van der Waals surface area (Å²) < 4.78 is 0. The number of amides is 2. The summed E-state index contributed by atoms with van der Waals surface area (Å²) in [7, 11) is 0. The summed E-state index contributed by atoms with van der Waals surface area (Å²) in [6, 6.07) is 28.4. The van der Waals surface area contributed by atoms with E-state index in [2.05, 4.69) is 30.6 Å². The summed E-state index contributed by atoms with van der Waals surface area (Å²) in [6.45, 7) is 3.71. The third-order valence-corrected chi connectivity index (χ3v) is 8.28. The molecule has 2 heterocycles. The first kappa shape index (κ1) is 32.3. The van der Waals surface area contributed by atoms with Crippen molar-refractivity contribution in [1.29, 1.82) is 0 Å². The lowest BCUT2D eigenvalue weighted by Crippen LogP contribution is -2.42. The van der Waals surface area contributed by atoms with Crippen molar-refractivity contribution < 1.29 is 14.5 Å². The van der Waals surface area contributed by atoms with E-state index >= 15 is 0 Å². The van der Waals surface area contributed by atoms with Crippen molar-refractivity contribution in [2.75, 3.05) is 11.5 Å². The number of non-ortho nitro benzene ring substituents is 1. The Morgan fingerprint density at radius 3 is 1.63 bits per heavy atom. The molecule has 5 rings (SSSR count). The SMILES string of the molecule is Cc1cc(SCC(=O)NC(NC(=O)CSc2cc(C)nc(-c3ccccc3)n2)c2cccc([N+](=O)[O-])c2)nc(-c2ccccc2)n1. The molecule has 232 valence electrons. The quantitative estimate of drug-likeness (QED) is 0.0545. The van der Waals surface area contributed by atoms with Gasteiger partial charge in [0.2, 0.25) is 11.8 Å². The summed E-state index contributed by atoms with van der Waals surface area (Å²) in [6.07, 6.45) is -1.01. The van der Waals surface area contributed by atoms with Gasteiger partial charge >= 0.3 is 0 Å². The van der Waals surface area contributed by atoms with Gasteiger partial charge in [-0.1, -0.05) is 96.3 Å². The Kier molecular flexibility index (Phi) is 10.7. The van der Waals surface area contributed by atoms with Gasteiger partial charge in [-0.05, 0) is 26.0 Å². The standard InChI is InChI=1S/C33H29N7O4S2/c1-21-16-29(38-31(34-21)23-10-5-3-6-11-23)45-19-27(41)36-33(25-14-9-15-26(18-25)40(43)44)37-28(42)20-46-30-17-22(2)35-32(39-30)24-12-7-4-8-13-24/h3-18,33H,19-20H2,1-2H3,(H,36,41)(H,37,42). The molecule has 0 saturated heterocycles. The Hall–Kier alpha value is -5.14. The van der Waals surface area contributed by atoms with Gasteiger partial charge in [-0.25, -0.2) is 19.9 Å². The maximum atomic E-state index is 13.1. The molecule has 2 N–H and O–H groups in total. The van der Waals surface area contributed by atoms with Crippen molar-refractivity contribution in [3.05, 3.63) is 124 Å². The largest absolute Gasteiger partial charge is 0.331 e. The highest BCUT2D eigenvalue weighted by Gasteiger charge is 2.20. The number of nitrogens with one attached hydrogen (secondary N) is 2. The number of carbonyl (C=O) groups is 2. The van der Waals surface area contributed by atoms with Crippen molar-refractivity contribution >= 4 is 41.0 Å². The first-order valence-electron chi connectivity index (χ1n) is 14.1. The third kappa shape index (κ3) is 8.96. The lowest BCUT2D eigenvalue weighted by Gasteiger charge is -2.20. The van der Waals surface area contributed by atoms with Crippen molar-refractivity contribution in [3.8, 4) is 22.8 Å². The first-order valence-corrected chi connectivity index (χ1v) is 16.1. The van der Waals surface area contributed by atoms with Crippen LogP contribution in [0.5, 0.6) is 0 Å². The van der Waals surface area contributed by atoms with E-state index in [4.69, 9.17) is 0 Å². The molecule has 0 bridgehead atoms. The van der Waals surface area contributed by atoms with Crippen LogP contribution in [0.15, 0.2) is 107 Å². The average molecular weight is 652 g/mol. The lowest BCUT2D eigenvalue weighted by atomic mass is 10.1. The average Bonchev–Trinajstić information content (AvgIpc) is 3.06. The summed E-state index contributed by atoms with van der Waals surface area (Å²) >= 11 is 2.44. The summed E-state index contributed by atoms with van der Waals surface area (Å²) in [4.78, 5) is 55.4. The van der Waals surface area contributed by atoms with Crippen LogP contribution >= 0.6 is 23.5 Å². The van der Waals surface area contributed by atoms with Crippen LogP contribution in [-0.2, 0) is 9.59 Å². The molecule has 46 heavy (non-hydrogen) atoms. The van der Waals surface area contributed by atoms with Crippen LogP contribution in [0.3, 0.4) is 0 Å². The minimum absolute atomic E-state index is 0.0107. The van der Waals surface area contributed by atoms with Gasteiger partial charge in [-0.3, -0.25) is 19.7 Å². The zero-order chi connectivity index (χ0) is 32.5. The van der Waals surface area contributed by atoms with Crippen LogP contribution in [0.25, 0.3) is 22.8 Å². The van der Waals surface area contributed by atoms with Crippen molar-refractivity contribution in [2.24, 2.45) is 0 Å². The molecule has 11 nitrogen and oxygen atoms in total. The molecule has 2 amide bonds. The van der Waals surface area contributed by atoms with Gasteiger partial charge in [0.05, 0.1) is 16.4 Å². The maximum absolute atomic E-state index is 13.1. The highest BCUT2D eigenvalue weighted by Crippen LogP contribution is 2.24. The fourth-order valence-electron chi connectivity index (χ4n) is 4.36. The molecule has 0 spiro atoms. The van der Waals surface area contributed by atoms with E-state index < -0.39 is 22.9 Å². The van der Waals surface area contributed by atoms with E-state index in [0.29, 0.717) is 27.3 Å². The number of nitro benzene ring substituents is 1. The molecule has 2 aromatic heterocycles. The van der Waals surface area contributed by atoms with E-state index in [1.807, 2.05) is 74.5 Å². The Balaban J connectivity index is 1.27. The Labute approximate surface area is 273 Å². The van der Waals surface area contributed by atoms with Gasteiger partial charge in [0.1, 0.15) is 16.2 Å².